The molecule has 2 heterocycles. The maximum absolute atomic E-state index is 10.6. The van der Waals surface area contributed by atoms with Crippen molar-refractivity contribution in [2.75, 3.05) is 37.6 Å². The topological polar surface area (TPSA) is 97.1 Å². The van der Waals surface area contributed by atoms with E-state index in [0.717, 1.165) is 37.9 Å². The van der Waals surface area contributed by atoms with Crippen molar-refractivity contribution >= 4 is 24.4 Å². The maximum Gasteiger partial charge on any atom is 0.490 e. The first-order chi connectivity index (χ1) is 12.2. The highest BCUT2D eigenvalue weighted by atomic mass is 19.4. The van der Waals surface area contributed by atoms with Gasteiger partial charge in [-0.05, 0) is 24.8 Å². The molecule has 0 radical (unpaired) electrons. The molecule has 2 aliphatic rings. The van der Waals surface area contributed by atoms with Crippen molar-refractivity contribution in [1.29, 1.82) is 0 Å². The van der Waals surface area contributed by atoms with Crippen LogP contribution in [0.1, 0.15) is 12.8 Å². The Kier molecular flexibility index (Phi) is 6.84. The van der Waals surface area contributed by atoms with E-state index in [1.807, 2.05) is 6.07 Å². The normalized spacial score (nSPS) is 18.1. The minimum Gasteiger partial charge on any atom is -0.475 e. The molecule has 1 aromatic heterocycles. The smallest absolute Gasteiger partial charge is 0.475 e. The Hall–Kier alpha value is -1.85. The summed E-state index contributed by atoms with van der Waals surface area (Å²) in [7, 11) is -1.43. The van der Waals surface area contributed by atoms with Crippen molar-refractivity contribution in [2.24, 2.45) is 5.92 Å². The summed E-state index contributed by atoms with van der Waals surface area (Å²) in [5.74, 6) is -0.877. The van der Waals surface area contributed by atoms with Crippen LogP contribution in [0.25, 0.3) is 0 Å². The number of alkyl halides is 3. The van der Waals surface area contributed by atoms with Crippen molar-refractivity contribution in [3.05, 3.63) is 18.3 Å². The number of rotatable bonds is 4. The quantitative estimate of drug-likeness (QED) is 0.634. The first-order valence-corrected chi connectivity index (χ1v) is 8.26. The molecule has 1 aromatic rings. The zero-order chi connectivity index (χ0) is 19.3. The number of carboxylic acid groups (broad SMARTS) is 1. The van der Waals surface area contributed by atoms with Gasteiger partial charge in [-0.25, -0.2) is 9.78 Å². The number of aliphatic carboxylic acids is 1. The van der Waals surface area contributed by atoms with Gasteiger partial charge in [0.2, 0.25) is 0 Å². The molecule has 0 unspecified atom stereocenters. The van der Waals surface area contributed by atoms with Crippen LogP contribution < -0.4 is 10.4 Å². The van der Waals surface area contributed by atoms with E-state index in [-0.39, 0.29) is 0 Å². The van der Waals surface area contributed by atoms with Crippen LogP contribution in [0.3, 0.4) is 0 Å². The molecule has 26 heavy (non-hydrogen) atoms. The van der Waals surface area contributed by atoms with Crippen molar-refractivity contribution in [3.63, 3.8) is 0 Å². The number of carbonyl (C=O) groups is 1. The number of hydrogen-bond donors (Lipinski definition) is 3. The van der Waals surface area contributed by atoms with E-state index in [0.29, 0.717) is 5.46 Å². The molecule has 1 saturated heterocycles. The monoisotopic (exact) mass is 375 g/mol. The van der Waals surface area contributed by atoms with Gasteiger partial charge >= 0.3 is 19.3 Å². The molecule has 7 nitrogen and oxygen atoms in total. The van der Waals surface area contributed by atoms with Gasteiger partial charge < -0.3 is 20.1 Å². The average molecular weight is 375 g/mol. The van der Waals surface area contributed by atoms with E-state index in [9.17, 15) is 13.2 Å². The summed E-state index contributed by atoms with van der Waals surface area (Å²) in [6.45, 7) is 5.46. The summed E-state index contributed by atoms with van der Waals surface area (Å²) in [6, 6.07) is 3.59. The van der Waals surface area contributed by atoms with E-state index in [1.54, 1.807) is 6.07 Å². The van der Waals surface area contributed by atoms with Gasteiger partial charge in [-0.3, -0.25) is 4.90 Å². The van der Waals surface area contributed by atoms with Crippen molar-refractivity contribution in [3.8, 4) is 0 Å². The van der Waals surface area contributed by atoms with Crippen LogP contribution in [0.2, 0.25) is 0 Å². The maximum atomic E-state index is 10.6. The second-order valence-electron chi connectivity index (χ2n) is 6.36. The largest absolute Gasteiger partial charge is 0.490 e. The van der Waals surface area contributed by atoms with Gasteiger partial charge in [-0.15, -0.1) is 0 Å². The highest BCUT2D eigenvalue weighted by Crippen LogP contribution is 2.30. The lowest BCUT2D eigenvalue weighted by atomic mass is 9.82. The molecule has 2 fully saturated rings. The molecule has 3 rings (SSSR count). The summed E-state index contributed by atoms with van der Waals surface area (Å²) in [6.07, 6.45) is -0.726. The van der Waals surface area contributed by atoms with Gasteiger partial charge in [0.05, 0.1) is 0 Å². The molecule has 0 atom stereocenters. The Morgan fingerprint density at radius 1 is 1.19 bits per heavy atom. The fraction of sp³-hybridized carbons (Fsp3) is 0.600. The summed E-state index contributed by atoms with van der Waals surface area (Å²) < 4.78 is 31.7. The van der Waals surface area contributed by atoms with Crippen molar-refractivity contribution < 1.29 is 33.1 Å². The molecule has 0 amide bonds. The minimum absolute atomic E-state index is 0.441. The highest BCUT2D eigenvalue weighted by molar-refractivity contribution is 6.58. The Balaban J connectivity index is 0.000000298. The Morgan fingerprint density at radius 3 is 2.15 bits per heavy atom. The third kappa shape index (κ3) is 6.47. The van der Waals surface area contributed by atoms with Crippen LogP contribution in [-0.2, 0) is 4.79 Å². The first kappa shape index (κ1) is 20.5. The van der Waals surface area contributed by atoms with Crippen molar-refractivity contribution in [1.82, 2.24) is 9.88 Å². The van der Waals surface area contributed by atoms with E-state index in [4.69, 9.17) is 19.9 Å². The SMILES string of the molecule is O=C(O)C(F)(F)F.OB(O)c1ccc(N2CCN(CC3CC3)CC2)nc1. The van der Waals surface area contributed by atoms with Crippen LogP contribution in [-0.4, -0.2) is 77.0 Å². The lowest BCUT2D eigenvalue weighted by Gasteiger charge is -2.35. The first-order valence-electron chi connectivity index (χ1n) is 8.26. The third-order valence-electron chi connectivity index (χ3n) is 4.22. The molecule has 1 aliphatic heterocycles. The number of halogens is 3. The number of pyridine rings is 1. The summed E-state index contributed by atoms with van der Waals surface area (Å²) >= 11 is 0. The Labute approximate surface area is 149 Å². The third-order valence-corrected chi connectivity index (χ3v) is 4.22. The molecule has 11 heteroatoms. The summed E-state index contributed by atoms with van der Waals surface area (Å²) in [4.78, 5) is 18.0. The molecular formula is C15H21BF3N3O4. The van der Waals surface area contributed by atoms with Gasteiger partial charge in [0.15, 0.2) is 0 Å². The van der Waals surface area contributed by atoms with Gasteiger partial charge in [0, 0.05) is 44.4 Å². The lowest BCUT2D eigenvalue weighted by Crippen LogP contribution is -2.47. The van der Waals surface area contributed by atoms with Crippen LogP contribution in [0, 0.1) is 5.92 Å². The second-order valence-corrected chi connectivity index (χ2v) is 6.36. The van der Waals surface area contributed by atoms with Crippen LogP contribution in [0.15, 0.2) is 18.3 Å². The van der Waals surface area contributed by atoms with Crippen LogP contribution >= 0.6 is 0 Å². The van der Waals surface area contributed by atoms with Gasteiger partial charge in [-0.2, -0.15) is 13.2 Å². The predicted octanol–water partition coefficient (Wildman–Crippen LogP) is -0.0733. The number of piperazine rings is 1. The van der Waals surface area contributed by atoms with Crippen LogP contribution in [0.4, 0.5) is 19.0 Å². The van der Waals surface area contributed by atoms with E-state index < -0.39 is 19.3 Å². The van der Waals surface area contributed by atoms with E-state index in [1.165, 1.54) is 25.6 Å². The van der Waals surface area contributed by atoms with Gasteiger partial charge in [-0.1, -0.05) is 6.07 Å². The number of hydrogen-bond acceptors (Lipinski definition) is 6. The molecule has 0 spiro atoms. The molecule has 1 aliphatic carbocycles. The molecule has 0 bridgehead atoms. The molecule has 3 N–H and O–H groups in total. The zero-order valence-corrected chi connectivity index (χ0v) is 14.1. The number of nitrogens with zero attached hydrogens (tertiary/aromatic N) is 3. The number of carboxylic acids is 1. The Bertz CT molecular complexity index is 589. The van der Waals surface area contributed by atoms with Gasteiger partial charge in [0.1, 0.15) is 5.82 Å². The number of aromatic nitrogens is 1. The Morgan fingerprint density at radius 2 is 1.77 bits per heavy atom. The van der Waals surface area contributed by atoms with Crippen LogP contribution in [0.5, 0.6) is 0 Å². The minimum atomic E-state index is -5.08. The standard InChI is InChI=1S/C13H20BN3O2.C2HF3O2/c18-14(19)12-3-4-13(15-9-12)17-7-5-16(6-8-17)10-11-1-2-11;3-2(4,5)1(6)7/h3-4,9,11,18-19H,1-2,5-8,10H2;(H,6,7). The zero-order valence-electron chi connectivity index (χ0n) is 14.1. The summed E-state index contributed by atoms with van der Waals surface area (Å²) in [5.41, 5.74) is 0.441. The fourth-order valence-electron chi connectivity index (χ4n) is 2.56. The lowest BCUT2D eigenvalue weighted by molar-refractivity contribution is -0.192. The molecular weight excluding hydrogens is 354 g/mol. The van der Waals surface area contributed by atoms with E-state index in [2.05, 4.69) is 14.8 Å². The highest BCUT2D eigenvalue weighted by Gasteiger charge is 2.38. The fourth-order valence-corrected chi connectivity index (χ4v) is 2.56. The number of anilines is 1. The van der Waals surface area contributed by atoms with E-state index >= 15 is 0 Å². The molecule has 144 valence electrons. The molecule has 0 aromatic carbocycles. The second kappa shape index (κ2) is 8.69. The predicted molar refractivity (Wildman–Crippen MR) is 89.1 cm³/mol. The average Bonchev–Trinajstić information content (AvgIpc) is 3.39. The summed E-state index contributed by atoms with van der Waals surface area (Å²) in [5, 5.41) is 25.2. The molecule has 1 saturated carbocycles. The van der Waals surface area contributed by atoms with Gasteiger partial charge in [0.25, 0.3) is 0 Å². The van der Waals surface area contributed by atoms with Crippen molar-refractivity contribution in [2.45, 2.75) is 19.0 Å².